The third kappa shape index (κ3) is 3.69. The molecule has 2 aliphatic rings. The molecular formula is C20H28N6O. The van der Waals surface area contributed by atoms with Gasteiger partial charge in [-0.25, -0.2) is 0 Å². The molecule has 1 N–H and O–H groups in total. The number of hydrogen-bond donors (Lipinski definition) is 1. The lowest BCUT2D eigenvalue weighted by Crippen LogP contribution is -2.38. The molecule has 0 saturated carbocycles. The van der Waals surface area contributed by atoms with Crippen molar-refractivity contribution in [1.82, 2.24) is 25.0 Å². The van der Waals surface area contributed by atoms with E-state index in [-0.39, 0.29) is 5.91 Å². The van der Waals surface area contributed by atoms with Gasteiger partial charge in [-0.3, -0.25) is 4.79 Å². The van der Waals surface area contributed by atoms with Gasteiger partial charge in [-0.05, 0) is 37.1 Å². The number of rotatable bonds is 3. The van der Waals surface area contributed by atoms with Gasteiger partial charge >= 0.3 is 0 Å². The largest absolute Gasteiger partial charge is 0.378 e. The van der Waals surface area contributed by atoms with Gasteiger partial charge in [0.2, 0.25) is 0 Å². The molecule has 0 aliphatic carbocycles. The Bertz CT molecular complexity index is 789. The quantitative estimate of drug-likeness (QED) is 0.890. The summed E-state index contributed by atoms with van der Waals surface area (Å²) in [6.45, 7) is 4.43. The van der Waals surface area contributed by atoms with Crippen LogP contribution in [-0.4, -0.2) is 65.8 Å². The van der Waals surface area contributed by atoms with Crippen molar-refractivity contribution in [2.24, 2.45) is 0 Å². The van der Waals surface area contributed by atoms with Gasteiger partial charge < -0.3 is 19.7 Å². The molecule has 1 fully saturated rings. The molecule has 1 amide bonds. The van der Waals surface area contributed by atoms with E-state index < -0.39 is 0 Å². The third-order valence-electron chi connectivity index (χ3n) is 5.67. The number of amides is 1. The maximum absolute atomic E-state index is 12.8. The molecule has 1 saturated heterocycles. The topological polar surface area (TPSA) is 66.3 Å². The van der Waals surface area contributed by atoms with Gasteiger partial charge in [-0.1, -0.05) is 0 Å². The first kappa shape index (κ1) is 18.0. The highest BCUT2D eigenvalue weighted by atomic mass is 16.2. The Morgan fingerprint density at radius 2 is 1.81 bits per heavy atom. The molecule has 2 aliphatic heterocycles. The average Bonchev–Trinajstić information content (AvgIpc) is 2.95. The Morgan fingerprint density at radius 1 is 1.07 bits per heavy atom. The molecule has 3 heterocycles. The van der Waals surface area contributed by atoms with Crippen molar-refractivity contribution in [2.75, 3.05) is 45.2 Å². The molecule has 1 aromatic carbocycles. The Hall–Kier alpha value is -2.41. The number of nitrogens with one attached hydrogen (secondary N) is 1. The molecule has 7 nitrogen and oxygen atoms in total. The number of aromatic nitrogens is 3. The van der Waals surface area contributed by atoms with Crippen LogP contribution in [0.5, 0.6) is 0 Å². The van der Waals surface area contributed by atoms with E-state index in [1.807, 2.05) is 48.2 Å². The van der Waals surface area contributed by atoms with E-state index >= 15 is 0 Å². The molecule has 144 valence electrons. The minimum absolute atomic E-state index is 0.128. The summed E-state index contributed by atoms with van der Waals surface area (Å²) in [6.07, 6.45) is 2.84. The van der Waals surface area contributed by atoms with Crippen molar-refractivity contribution in [3.63, 3.8) is 0 Å². The number of carbonyl (C=O) groups excluding carboxylic acids is 1. The average molecular weight is 368 g/mol. The first-order valence-corrected chi connectivity index (χ1v) is 9.83. The Balaban J connectivity index is 1.40. The van der Waals surface area contributed by atoms with Crippen molar-refractivity contribution in [3.8, 4) is 0 Å². The summed E-state index contributed by atoms with van der Waals surface area (Å²) in [5.41, 5.74) is 1.87. The summed E-state index contributed by atoms with van der Waals surface area (Å²) < 4.78 is 2.29. The van der Waals surface area contributed by atoms with Crippen LogP contribution < -0.4 is 10.2 Å². The summed E-state index contributed by atoms with van der Waals surface area (Å²) >= 11 is 0. The highest BCUT2D eigenvalue weighted by Crippen LogP contribution is 2.28. The second-order valence-electron chi connectivity index (χ2n) is 7.63. The number of benzene rings is 1. The summed E-state index contributed by atoms with van der Waals surface area (Å²) in [7, 11) is 4.01. The van der Waals surface area contributed by atoms with E-state index in [2.05, 4.69) is 20.1 Å². The van der Waals surface area contributed by atoms with E-state index in [1.54, 1.807) is 0 Å². The van der Waals surface area contributed by atoms with Crippen LogP contribution in [0.15, 0.2) is 24.3 Å². The number of nitrogens with zero attached hydrogens (tertiary/aromatic N) is 5. The highest BCUT2D eigenvalue weighted by molar-refractivity contribution is 5.94. The highest BCUT2D eigenvalue weighted by Gasteiger charge is 2.28. The lowest BCUT2D eigenvalue weighted by Gasteiger charge is -2.32. The molecule has 0 spiro atoms. The molecule has 0 radical (unpaired) electrons. The van der Waals surface area contributed by atoms with Gasteiger partial charge in [0.05, 0.1) is 0 Å². The zero-order valence-electron chi connectivity index (χ0n) is 16.2. The van der Waals surface area contributed by atoms with Crippen LogP contribution >= 0.6 is 0 Å². The van der Waals surface area contributed by atoms with Crippen LogP contribution in [0.4, 0.5) is 5.69 Å². The molecule has 1 aromatic heterocycles. The second-order valence-corrected chi connectivity index (χ2v) is 7.63. The predicted octanol–water partition coefficient (Wildman–Crippen LogP) is 1.51. The van der Waals surface area contributed by atoms with E-state index in [4.69, 9.17) is 0 Å². The van der Waals surface area contributed by atoms with E-state index in [0.717, 1.165) is 74.9 Å². The summed E-state index contributed by atoms with van der Waals surface area (Å²) in [4.78, 5) is 16.8. The minimum Gasteiger partial charge on any atom is -0.378 e. The lowest BCUT2D eigenvalue weighted by molar-refractivity contribution is 0.0710. The standard InChI is InChI=1S/C20H28N6O/c1-24(2)17-5-3-16(4-6-17)20(27)25-12-8-15(9-13-25)19-23-22-18-7-10-21-11-14-26(18)19/h3-6,15,21H,7-14H2,1-2H3. The van der Waals surface area contributed by atoms with Gasteiger partial charge in [-0.2, -0.15) is 0 Å². The normalized spacial score (nSPS) is 18.1. The first-order valence-electron chi connectivity index (χ1n) is 9.83. The maximum atomic E-state index is 12.8. The Labute approximate surface area is 160 Å². The number of piperidine rings is 1. The molecule has 27 heavy (non-hydrogen) atoms. The summed E-state index contributed by atoms with van der Waals surface area (Å²) in [5.74, 6) is 2.72. The Kier molecular flexibility index (Phi) is 5.11. The monoisotopic (exact) mass is 368 g/mol. The van der Waals surface area contributed by atoms with Gasteiger partial charge in [0.25, 0.3) is 5.91 Å². The van der Waals surface area contributed by atoms with Crippen molar-refractivity contribution in [1.29, 1.82) is 0 Å². The SMILES string of the molecule is CN(C)c1ccc(C(=O)N2CCC(c3nnc4n3CCNCC4)CC2)cc1. The molecule has 0 unspecified atom stereocenters. The molecular weight excluding hydrogens is 340 g/mol. The van der Waals surface area contributed by atoms with Crippen LogP contribution in [0.2, 0.25) is 0 Å². The number of likely N-dealkylation sites (tertiary alicyclic amines) is 1. The van der Waals surface area contributed by atoms with Gasteiger partial charge in [0.1, 0.15) is 11.6 Å². The van der Waals surface area contributed by atoms with Crippen LogP contribution in [0.25, 0.3) is 0 Å². The van der Waals surface area contributed by atoms with Crippen LogP contribution in [0.3, 0.4) is 0 Å². The van der Waals surface area contributed by atoms with Crippen molar-refractivity contribution in [2.45, 2.75) is 31.7 Å². The fourth-order valence-corrected chi connectivity index (χ4v) is 4.02. The van der Waals surface area contributed by atoms with Crippen LogP contribution in [0.1, 0.15) is 40.8 Å². The number of anilines is 1. The van der Waals surface area contributed by atoms with E-state index in [0.29, 0.717) is 5.92 Å². The Morgan fingerprint density at radius 3 is 2.52 bits per heavy atom. The fourth-order valence-electron chi connectivity index (χ4n) is 4.02. The van der Waals surface area contributed by atoms with E-state index in [9.17, 15) is 4.79 Å². The molecule has 2 aromatic rings. The van der Waals surface area contributed by atoms with Gasteiger partial charge in [0, 0.05) is 70.4 Å². The summed E-state index contributed by atoms with van der Waals surface area (Å²) in [6, 6.07) is 7.85. The number of fused-ring (bicyclic) bond motifs is 1. The van der Waals surface area contributed by atoms with Gasteiger partial charge in [0.15, 0.2) is 0 Å². The van der Waals surface area contributed by atoms with Crippen LogP contribution in [-0.2, 0) is 13.0 Å². The summed E-state index contributed by atoms with van der Waals surface area (Å²) in [5, 5.41) is 12.3. The van der Waals surface area contributed by atoms with Crippen molar-refractivity contribution < 1.29 is 4.79 Å². The smallest absolute Gasteiger partial charge is 0.253 e. The van der Waals surface area contributed by atoms with Crippen LogP contribution in [0, 0.1) is 0 Å². The number of carbonyl (C=O) groups is 1. The van der Waals surface area contributed by atoms with Crippen molar-refractivity contribution in [3.05, 3.63) is 41.5 Å². The lowest BCUT2D eigenvalue weighted by atomic mass is 9.95. The van der Waals surface area contributed by atoms with E-state index in [1.165, 1.54) is 0 Å². The minimum atomic E-state index is 0.128. The molecule has 4 rings (SSSR count). The fraction of sp³-hybridized carbons (Fsp3) is 0.550. The van der Waals surface area contributed by atoms with Crippen molar-refractivity contribution >= 4 is 11.6 Å². The predicted molar refractivity (Wildman–Crippen MR) is 105 cm³/mol. The van der Waals surface area contributed by atoms with Gasteiger partial charge in [-0.15, -0.1) is 10.2 Å². The first-order chi connectivity index (χ1) is 13.1. The molecule has 0 atom stereocenters. The molecule has 0 bridgehead atoms. The second kappa shape index (κ2) is 7.68. The molecule has 7 heteroatoms. The zero-order valence-corrected chi connectivity index (χ0v) is 16.2. The zero-order chi connectivity index (χ0) is 18.8. The third-order valence-corrected chi connectivity index (χ3v) is 5.67. The number of hydrogen-bond acceptors (Lipinski definition) is 5. The maximum Gasteiger partial charge on any atom is 0.253 e.